The van der Waals surface area contributed by atoms with E-state index in [0.717, 1.165) is 32.7 Å². The standard InChI is InChI=1S/C16H34N2O/c1-4-8-15(13-17-10-5-2)18-11-7-9-16(14-18)19-12-6-3/h15-17H,4-14H2,1-3H3. The Morgan fingerprint density at radius 2 is 2.05 bits per heavy atom. The third-order valence-corrected chi connectivity index (χ3v) is 3.91. The Bertz CT molecular complexity index is 211. The van der Waals surface area contributed by atoms with Gasteiger partial charge in [-0.2, -0.15) is 0 Å². The lowest BCUT2D eigenvalue weighted by atomic mass is 10.0. The lowest BCUT2D eigenvalue weighted by Crippen LogP contribution is -2.49. The van der Waals surface area contributed by atoms with Crippen molar-refractivity contribution in [1.82, 2.24) is 10.2 Å². The molecule has 2 atom stereocenters. The highest BCUT2D eigenvalue weighted by Gasteiger charge is 2.25. The van der Waals surface area contributed by atoms with Crippen molar-refractivity contribution in [3.8, 4) is 0 Å². The van der Waals surface area contributed by atoms with E-state index >= 15 is 0 Å². The predicted molar refractivity (Wildman–Crippen MR) is 82.7 cm³/mol. The van der Waals surface area contributed by atoms with Gasteiger partial charge in [0, 0.05) is 25.7 Å². The van der Waals surface area contributed by atoms with Crippen LogP contribution in [0.1, 0.15) is 59.3 Å². The molecule has 0 bridgehead atoms. The smallest absolute Gasteiger partial charge is 0.0702 e. The average Bonchev–Trinajstić information content (AvgIpc) is 2.45. The first kappa shape index (κ1) is 16.9. The second-order valence-corrected chi connectivity index (χ2v) is 5.78. The number of nitrogens with zero attached hydrogens (tertiary/aromatic N) is 1. The Labute approximate surface area is 120 Å². The molecule has 0 aromatic heterocycles. The molecule has 0 aromatic rings. The molecule has 0 radical (unpaired) electrons. The molecule has 3 heteroatoms. The van der Waals surface area contributed by atoms with E-state index in [-0.39, 0.29) is 0 Å². The van der Waals surface area contributed by atoms with E-state index in [1.807, 2.05) is 0 Å². The molecule has 0 saturated carbocycles. The zero-order valence-corrected chi connectivity index (χ0v) is 13.3. The summed E-state index contributed by atoms with van der Waals surface area (Å²) in [7, 11) is 0. The van der Waals surface area contributed by atoms with Gasteiger partial charge in [-0.15, -0.1) is 0 Å². The minimum Gasteiger partial charge on any atom is -0.377 e. The van der Waals surface area contributed by atoms with E-state index in [4.69, 9.17) is 4.74 Å². The Balaban J connectivity index is 2.38. The molecule has 3 nitrogen and oxygen atoms in total. The van der Waals surface area contributed by atoms with Crippen LogP contribution in [-0.4, -0.2) is 49.8 Å². The molecule has 1 heterocycles. The number of rotatable bonds is 10. The van der Waals surface area contributed by atoms with Crippen LogP contribution < -0.4 is 5.32 Å². The summed E-state index contributed by atoms with van der Waals surface area (Å²) in [6, 6.07) is 0.699. The zero-order valence-electron chi connectivity index (χ0n) is 13.3. The third kappa shape index (κ3) is 6.73. The molecule has 2 unspecified atom stereocenters. The fraction of sp³-hybridized carbons (Fsp3) is 1.00. The number of hydrogen-bond donors (Lipinski definition) is 1. The van der Waals surface area contributed by atoms with E-state index in [1.165, 1.54) is 38.6 Å². The Kier molecular flexibility index (Phi) is 9.48. The first-order valence-electron chi connectivity index (χ1n) is 8.38. The number of likely N-dealkylation sites (tertiary alicyclic amines) is 1. The number of nitrogens with one attached hydrogen (secondary N) is 1. The van der Waals surface area contributed by atoms with Crippen molar-refractivity contribution in [1.29, 1.82) is 0 Å². The fourth-order valence-corrected chi connectivity index (χ4v) is 2.91. The number of piperidine rings is 1. The Hall–Kier alpha value is -0.120. The third-order valence-electron chi connectivity index (χ3n) is 3.91. The molecule has 0 aromatic carbocycles. The van der Waals surface area contributed by atoms with Crippen LogP contribution in [0.4, 0.5) is 0 Å². The first-order chi connectivity index (χ1) is 9.31. The van der Waals surface area contributed by atoms with Crippen LogP contribution >= 0.6 is 0 Å². The predicted octanol–water partition coefficient (Wildman–Crippen LogP) is 3.05. The highest BCUT2D eigenvalue weighted by molar-refractivity contribution is 4.81. The maximum absolute atomic E-state index is 5.95. The molecular weight excluding hydrogens is 236 g/mol. The van der Waals surface area contributed by atoms with Gasteiger partial charge in [-0.05, 0) is 45.2 Å². The second kappa shape index (κ2) is 10.6. The van der Waals surface area contributed by atoms with Crippen LogP contribution in [0, 0.1) is 0 Å². The summed E-state index contributed by atoms with van der Waals surface area (Å²) >= 11 is 0. The van der Waals surface area contributed by atoms with Gasteiger partial charge >= 0.3 is 0 Å². The van der Waals surface area contributed by atoms with Crippen molar-refractivity contribution in [3.63, 3.8) is 0 Å². The summed E-state index contributed by atoms with van der Waals surface area (Å²) in [5, 5.41) is 3.59. The van der Waals surface area contributed by atoms with E-state index < -0.39 is 0 Å². The molecular formula is C16H34N2O. The lowest BCUT2D eigenvalue weighted by Gasteiger charge is -2.38. The highest BCUT2D eigenvalue weighted by atomic mass is 16.5. The quantitative estimate of drug-likeness (QED) is 0.618. The Morgan fingerprint density at radius 3 is 2.74 bits per heavy atom. The van der Waals surface area contributed by atoms with Crippen LogP contribution in [0.3, 0.4) is 0 Å². The van der Waals surface area contributed by atoms with Gasteiger partial charge < -0.3 is 10.1 Å². The maximum atomic E-state index is 5.95. The molecule has 1 fully saturated rings. The summed E-state index contributed by atoms with van der Waals surface area (Å²) in [6.07, 6.45) is 7.94. The van der Waals surface area contributed by atoms with Crippen LogP contribution in [0.2, 0.25) is 0 Å². The minimum atomic E-state index is 0.472. The molecule has 0 amide bonds. The summed E-state index contributed by atoms with van der Waals surface area (Å²) in [6.45, 7) is 12.3. The minimum absolute atomic E-state index is 0.472. The average molecular weight is 270 g/mol. The van der Waals surface area contributed by atoms with Crippen molar-refractivity contribution in [2.45, 2.75) is 71.4 Å². The monoisotopic (exact) mass is 270 g/mol. The van der Waals surface area contributed by atoms with E-state index in [2.05, 4.69) is 31.0 Å². The van der Waals surface area contributed by atoms with Gasteiger partial charge in [-0.3, -0.25) is 4.90 Å². The normalized spacial score (nSPS) is 22.6. The summed E-state index contributed by atoms with van der Waals surface area (Å²) < 4.78 is 5.95. The van der Waals surface area contributed by atoms with Crippen LogP contribution in [0.5, 0.6) is 0 Å². The summed E-state index contributed by atoms with van der Waals surface area (Å²) in [5.74, 6) is 0. The maximum Gasteiger partial charge on any atom is 0.0702 e. The van der Waals surface area contributed by atoms with Crippen LogP contribution in [0.15, 0.2) is 0 Å². The number of ether oxygens (including phenoxy) is 1. The van der Waals surface area contributed by atoms with Gasteiger partial charge in [0.05, 0.1) is 6.10 Å². The van der Waals surface area contributed by atoms with E-state index in [0.29, 0.717) is 12.1 Å². The molecule has 114 valence electrons. The molecule has 0 spiro atoms. The second-order valence-electron chi connectivity index (χ2n) is 5.78. The molecule has 1 aliphatic rings. The van der Waals surface area contributed by atoms with Crippen molar-refractivity contribution >= 4 is 0 Å². The van der Waals surface area contributed by atoms with Crippen LogP contribution in [-0.2, 0) is 4.74 Å². The SMILES string of the molecule is CCCNCC(CCC)N1CCCC(OCCC)C1. The molecule has 0 aliphatic carbocycles. The van der Waals surface area contributed by atoms with Gasteiger partial charge in [-0.25, -0.2) is 0 Å². The first-order valence-corrected chi connectivity index (χ1v) is 8.38. The van der Waals surface area contributed by atoms with Crippen molar-refractivity contribution in [2.24, 2.45) is 0 Å². The van der Waals surface area contributed by atoms with Gasteiger partial charge in [0.2, 0.25) is 0 Å². The van der Waals surface area contributed by atoms with Crippen molar-refractivity contribution in [2.75, 3.05) is 32.8 Å². The largest absolute Gasteiger partial charge is 0.377 e. The molecule has 1 aliphatic heterocycles. The highest BCUT2D eigenvalue weighted by Crippen LogP contribution is 2.18. The van der Waals surface area contributed by atoms with Crippen LogP contribution in [0.25, 0.3) is 0 Å². The summed E-state index contributed by atoms with van der Waals surface area (Å²) in [5.41, 5.74) is 0. The van der Waals surface area contributed by atoms with E-state index in [9.17, 15) is 0 Å². The van der Waals surface area contributed by atoms with Gasteiger partial charge in [-0.1, -0.05) is 27.2 Å². The van der Waals surface area contributed by atoms with Crippen molar-refractivity contribution < 1.29 is 4.74 Å². The molecule has 1 N–H and O–H groups in total. The van der Waals surface area contributed by atoms with Gasteiger partial charge in [0.15, 0.2) is 0 Å². The lowest BCUT2D eigenvalue weighted by molar-refractivity contribution is -0.0135. The van der Waals surface area contributed by atoms with E-state index in [1.54, 1.807) is 0 Å². The zero-order chi connectivity index (χ0) is 13.9. The van der Waals surface area contributed by atoms with Crippen molar-refractivity contribution in [3.05, 3.63) is 0 Å². The molecule has 1 saturated heterocycles. The van der Waals surface area contributed by atoms with Gasteiger partial charge in [0.1, 0.15) is 0 Å². The fourth-order valence-electron chi connectivity index (χ4n) is 2.91. The molecule has 19 heavy (non-hydrogen) atoms. The number of hydrogen-bond acceptors (Lipinski definition) is 3. The Morgan fingerprint density at radius 1 is 1.21 bits per heavy atom. The molecule has 1 rings (SSSR count). The topological polar surface area (TPSA) is 24.5 Å². The van der Waals surface area contributed by atoms with Gasteiger partial charge in [0.25, 0.3) is 0 Å². The summed E-state index contributed by atoms with van der Waals surface area (Å²) in [4.78, 5) is 2.66.